The summed E-state index contributed by atoms with van der Waals surface area (Å²) in [6.45, 7) is 1.01. The quantitative estimate of drug-likeness (QED) is 0.254. The molecule has 0 heterocycles. The molecule has 1 N–H and O–H groups in total. The van der Waals surface area contributed by atoms with Crippen molar-refractivity contribution in [1.82, 2.24) is 0 Å². The van der Waals surface area contributed by atoms with Crippen molar-refractivity contribution in [3.05, 3.63) is 0 Å². The van der Waals surface area contributed by atoms with Crippen LogP contribution in [0.1, 0.15) is 12.8 Å². The number of carboxylic acids is 1. The number of ether oxygens (including phenoxy) is 4. The van der Waals surface area contributed by atoms with E-state index in [-0.39, 0.29) is 32.7 Å². The van der Waals surface area contributed by atoms with Gasteiger partial charge in [-0.1, -0.05) is 0 Å². The molecule has 0 aromatic rings. The molecular weight excluding hydrogens is 303 g/mol. The molecule has 9 heteroatoms. The predicted octanol–water partition coefficient (Wildman–Crippen LogP) is -0.0172. The van der Waals surface area contributed by atoms with Crippen LogP contribution in [-0.4, -0.2) is 75.8 Å². The molecule has 0 saturated heterocycles. The van der Waals surface area contributed by atoms with Gasteiger partial charge in [0.25, 0.3) is 0 Å². The highest BCUT2D eigenvalue weighted by molar-refractivity contribution is 6.32. The summed E-state index contributed by atoms with van der Waals surface area (Å²) in [5.74, 6) is -3.24. The van der Waals surface area contributed by atoms with Gasteiger partial charge in [-0.2, -0.15) is 0 Å². The van der Waals surface area contributed by atoms with Crippen molar-refractivity contribution in [2.24, 2.45) is 0 Å². The SMILES string of the molecule is O=C(CCC(=O)C(=O)O)OCCOCCOCCOCCF. The predicted molar refractivity (Wildman–Crippen MR) is 71.3 cm³/mol. The second kappa shape index (κ2) is 14.4. The Kier molecular flexibility index (Phi) is 13.3. The van der Waals surface area contributed by atoms with Crippen LogP contribution in [0.2, 0.25) is 0 Å². The first-order valence-corrected chi connectivity index (χ1v) is 6.79. The van der Waals surface area contributed by atoms with Gasteiger partial charge in [-0.15, -0.1) is 0 Å². The fourth-order valence-corrected chi connectivity index (χ4v) is 1.21. The fourth-order valence-electron chi connectivity index (χ4n) is 1.21. The Balaban J connectivity index is 3.27. The van der Waals surface area contributed by atoms with E-state index in [0.717, 1.165) is 0 Å². The number of rotatable bonds is 15. The minimum absolute atomic E-state index is 0.0136. The number of carbonyl (C=O) groups is 3. The standard InChI is InChI=1S/C13H21FO8/c14-3-4-19-5-6-20-7-8-21-9-10-22-12(16)2-1-11(15)13(17)18/h1-10H2,(H,17,18). The van der Waals surface area contributed by atoms with Crippen LogP contribution in [0.25, 0.3) is 0 Å². The average Bonchev–Trinajstić information content (AvgIpc) is 2.50. The zero-order chi connectivity index (χ0) is 16.6. The summed E-state index contributed by atoms with van der Waals surface area (Å²) in [6, 6.07) is 0. The van der Waals surface area contributed by atoms with E-state index in [1.807, 2.05) is 0 Å². The summed E-state index contributed by atoms with van der Waals surface area (Å²) >= 11 is 0. The van der Waals surface area contributed by atoms with Crippen LogP contribution in [0, 0.1) is 0 Å². The van der Waals surface area contributed by atoms with Gasteiger partial charge in [0.05, 0.1) is 46.1 Å². The molecule has 0 radical (unpaired) electrons. The number of Topliss-reactive ketones (excluding diaryl/α,β-unsaturated/α-hetero) is 1. The Labute approximate surface area is 127 Å². The molecule has 0 aromatic carbocycles. The Morgan fingerprint density at radius 1 is 0.773 bits per heavy atom. The first-order chi connectivity index (χ1) is 10.6. The van der Waals surface area contributed by atoms with Crippen LogP contribution in [0.15, 0.2) is 0 Å². The number of hydrogen-bond donors (Lipinski definition) is 1. The van der Waals surface area contributed by atoms with Gasteiger partial charge in [-0.3, -0.25) is 9.59 Å². The van der Waals surface area contributed by atoms with E-state index < -0.39 is 24.4 Å². The maximum Gasteiger partial charge on any atom is 0.372 e. The van der Waals surface area contributed by atoms with Crippen LogP contribution in [0.5, 0.6) is 0 Å². The number of esters is 1. The molecule has 0 aliphatic rings. The van der Waals surface area contributed by atoms with Crippen molar-refractivity contribution >= 4 is 17.7 Å². The Morgan fingerprint density at radius 2 is 1.27 bits per heavy atom. The minimum atomic E-state index is -1.56. The molecule has 0 amide bonds. The van der Waals surface area contributed by atoms with Crippen LogP contribution in [0.3, 0.4) is 0 Å². The number of halogens is 1. The number of ketones is 1. The third-order valence-electron chi connectivity index (χ3n) is 2.25. The summed E-state index contributed by atoms with van der Waals surface area (Å²) in [5.41, 5.74) is 0. The van der Waals surface area contributed by atoms with E-state index in [1.165, 1.54) is 0 Å². The summed E-state index contributed by atoms with van der Waals surface area (Å²) in [5, 5.41) is 8.31. The second-order valence-electron chi connectivity index (χ2n) is 3.97. The van der Waals surface area contributed by atoms with Crippen LogP contribution >= 0.6 is 0 Å². The summed E-state index contributed by atoms with van der Waals surface area (Å²) in [6.07, 6.45) is -0.652. The maximum atomic E-state index is 11.7. The van der Waals surface area contributed by atoms with Gasteiger partial charge in [0.1, 0.15) is 13.3 Å². The number of carboxylic acid groups (broad SMARTS) is 1. The molecule has 0 aliphatic heterocycles. The zero-order valence-corrected chi connectivity index (χ0v) is 12.3. The molecule has 0 fully saturated rings. The van der Waals surface area contributed by atoms with E-state index in [0.29, 0.717) is 26.4 Å². The smallest absolute Gasteiger partial charge is 0.372 e. The van der Waals surface area contributed by atoms with Gasteiger partial charge in [0, 0.05) is 6.42 Å². The third kappa shape index (κ3) is 13.4. The molecule has 0 saturated carbocycles. The second-order valence-corrected chi connectivity index (χ2v) is 3.97. The Bertz CT molecular complexity index is 334. The van der Waals surface area contributed by atoms with Crippen molar-refractivity contribution in [2.75, 3.05) is 52.9 Å². The first-order valence-electron chi connectivity index (χ1n) is 6.79. The normalized spacial score (nSPS) is 10.4. The Hall–Kier alpha value is -1.58. The number of alkyl halides is 1. The molecule has 0 atom stereocenters. The van der Waals surface area contributed by atoms with E-state index in [2.05, 4.69) is 0 Å². The van der Waals surface area contributed by atoms with Crippen LogP contribution < -0.4 is 0 Å². The Morgan fingerprint density at radius 3 is 1.77 bits per heavy atom. The van der Waals surface area contributed by atoms with E-state index in [4.69, 9.17) is 24.1 Å². The third-order valence-corrected chi connectivity index (χ3v) is 2.25. The number of carbonyl (C=O) groups excluding carboxylic acids is 2. The summed E-state index contributed by atoms with van der Waals surface area (Å²) in [4.78, 5) is 32.1. The average molecular weight is 324 g/mol. The molecule has 8 nitrogen and oxygen atoms in total. The number of hydrogen-bond acceptors (Lipinski definition) is 7. The molecule has 22 heavy (non-hydrogen) atoms. The molecule has 0 spiro atoms. The largest absolute Gasteiger partial charge is 0.476 e. The summed E-state index contributed by atoms with van der Waals surface area (Å²) < 4.78 is 31.5. The monoisotopic (exact) mass is 324 g/mol. The zero-order valence-electron chi connectivity index (χ0n) is 12.3. The van der Waals surface area contributed by atoms with Gasteiger partial charge in [0.15, 0.2) is 0 Å². The van der Waals surface area contributed by atoms with E-state index in [9.17, 15) is 18.8 Å². The number of aliphatic carboxylic acids is 1. The van der Waals surface area contributed by atoms with Crippen molar-refractivity contribution < 1.29 is 42.8 Å². The molecule has 0 bridgehead atoms. The molecule has 128 valence electrons. The lowest BCUT2D eigenvalue weighted by Gasteiger charge is -2.07. The van der Waals surface area contributed by atoms with Crippen LogP contribution in [0.4, 0.5) is 4.39 Å². The lowest BCUT2D eigenvalue weighted by Crippen LogP contribution is -2.17. The highest BCUT2D eigenvalue weighted by atomic mass is 19.1. The van der Waals surface area contributed by atoms with Crippen molar-refractivity contribution in [3.63, 3.8) is 0 Å². The van der Waals surface area contributed by atoms with Gasteiger partial charge in [0.2, 0.25) is 5.78 Å². The minimum Gasteiger partial charge on any atom is -0.476 e. The van der Waals surface area contributed by atoms with Crippen molar-refractivity contribution in [1.29, 1.82) is 0 Å². The van der Waals surface area contributed by atoms with Gasteiger partial charge < -0.3 is 24.1 Å². The van der Waals surface area contributed by atoms with E-state index in [1.54, 1.807) is 0 Å². The lowest BCUT2D eigenvalue weighted by molar-refractivity contribution is -0.151. The van der Waals surface area contributed by atoms with Crippen molar-refractivity contribution in [3.8, 4) is 0 Å². The van der Waals surface area contributed by atoms with Gasteiger partial charge in [-0.25, -0.2) is 9.18 Å². The maximum absolute atomic E-state index is 11.7. The summed E-state index contributed by atoms with van der Waals surface area (Å²) in [7, 11) is 0. The molecule has 0 aromatic heterocycles. The van der Waals surface area contributed by atoms with Gasteiger partial charge in [-0.05, 0) is 0 Å². The van der Waals surface area contributed by atoms with Crippen LogP contribution in [-0.2, 0) is 33.3 Å². The first kappa shape index (κ1) is 20.4. The fraction of sp³-hybridized carbons (Fsp3) is 0.769. The molecule has 0 rings (SSSR count). The highest BCUT2D eigenvalue weighted by Gasteiger charge is 2.13. The lowest BCUT2D eigenvalue weighted by atomic mass is 10.2. The molecular formula is C13H21FO8. The molecule has 0 aliphatic carbocycles. The molecule has 0 unspecified atom stereocenters. The topological polar surface area (TPSA) is 108 Å². The van der Waals surface area contributed by atoms with E-state index >= 15 is 0 Å². The highest BCUT2D eigenvalue weighted by Crippen LogP contribution is 1.95. The van der Waals surface area contributed by atoms with Crippen molar-refractivity contribution in [2.45, 2.75) is 12.8 Å². The van der Waals surface area contributed by atoms with Gasteiger partial charge >= 0.3 is 11.9 Å².